The fourth-order valence-electron chi connectivity index (χ4n) is 2.77. The second-order valence-corrected chi connectivity index (χ2v) is 5.56. The fraction of sp³-hybridized carbons (Fsp3) is 0.571. The van der Waals surface area contributed by atoms with Gasteiger partial charge in [0.15, 0.2) is 0 Å². The Morgan fingerprint density at radius 1 is 1.20 bits per heavy atom. The summed E-state index contributed by atoms with van der Waals surface area (Å²) in [4.78, 5) is 2.21. The normalized spacial score (nSPS) is 19.1. The fourth-order valence-corrected chi connectivity index (χ4v) is 2.77. The maximum Gasteiger partial charge on any atom is 0.126 e. The van der Waals surface area contributed by atoms with Gasteiger partial charge in [-0.15, -0.1) is 0 Å². The Morgan fingerprint density at radius 2 is 1.75 bits per heavy atom. The van der Waals surface area contributed by atoms with Gasteiger partial charge in [-0.05, 0) is 31.5 Å². The predicted octanol–water partition coefficient (Wildman–Crippen LogP) is 1.58. The Balaban J connectivity index is 2.29. The Labute approximate surface area is 117 Å². The number of morpholine rings is 1. The van der Waals surface area contributed by atoms with Crippen LogP contribution in [0.4, 0.5) is 8.78 Å². The number of hydrazine groups is 1. The first kappa shape index (κ1) is 15.3. The molecule has 0 radical (unpaired) electrons. The average molecular weight is 285 g/mol. The molecule has 1 heterocycles. The van der Waals surface area contributed by atoms with Gasteiger partial charge in [-0.1, -0.05) is 0 Å². The highest BCUT2D eigenvalue weighted by Crippen LogP contribution is 2.31. The zero-order chi connectivity index (χ0) is 14.8. The lowest BCUT2D eigenvalue weighted by atomic mass is 9.87. The van der Waals surface area contributed by atoms with Crippen LogP contribution in [-0.2, 0) is 4.74 Å². The summed E-state index contributed by atoms with van der Waals surface area (Å²) in [7, 11) is 0. The molecule has 112 valence electrons. The van der Waals surface area contributed by atoms with E-state index in [1.54, 1.807) is 0 Å². The quantitative estimate of drug-likeness (QED) is 0.651. The van der Waals surface area contributed by atoms with Crippen molar-refractivity contribution < 1.29 is 13.5 Å². The lowest BCUT2D eigenvalue weighted by molar-refractivity contribution is -0.0239. The first-order valence-electron chi connectivity index (χ1n) is 6.70. The van der Waals surface area contributed by atoms with Crippen molar-refractivity contribution in [1.29, 1.82) is 0 Å². The topological polar surface area (TPSA) is 50.5 Å². The molecule has 1 atom stereocenters. The van der Waals surface area contributed by atoms with Crippen LogP contribution in [0.5, 0.6) is 0 Å². The molecular weight excluding hydrogens is 264 g/mol. The number of rotatable bonds is 4. The summed E-state index contributed by atoms with van der Waals surface area (Å²) >= 11 is 0. The van der Waals surface area contributed by atoms with Gasteiger partial charge in [0.05, 0.1) is 19.3 Å². The number of nitrogens with one attached hydrogen (secondary N) is 1. The van der Waals surface area contributed by atoms with Crippen molar-refractivity contribution in [3.8, 4) is 0 Å². The monoisotopic (exact) mass is 285 g/mol. The number of hydrogen-bond donors (Lipinski definition) is 2. The standard InChI is InChI=1S/C14H21F2N3O/c1-14(2,19-3-5-20-6-4-19)13(18-17)10-7-11(15)9-12(16)8-10/h7-9,13,18H,3-6,17H2,1-2H3. The molecule has 20 heavy (non-hydrogen) atoms. The molecule has 6 heteroatoms. The summed E-state index contributed by atoms with van der Waals surface area (Å²) in [5.41, 5.74) is 2.81. The Kier molecular flexibility index (Phi) is 4.70. The third kappa shape index (κ3) is 3.15. The molecule has 0 bridgehead atoms. The molecule has 1 aromatic rings. The van der Waals surface area contributed by atoms with Crippen molar-refractivity contribution in [2.45, 2.75) is 25.4 Å². The average Bonchev–Trinajstić information content (AvgIpc) is 2.39. The molecule has 0 aromatic heterocycles. The molecule has 2 rings (SSSR count). The summed E-state index contributed by atoms with van der Waals surface area (Å²) < 4.78 is 32.2. The van der Waals surface area contributed by atoms with E-state index in [4.69, 9.17) is 10.6 Å². The van der Waals surface area contributed by atoms with E-state index in [1.807, 2.05) is 13.8 Å². The smallest absolute Gasteiger partial charge is 0.126 e. The molecule has 1 fully saturated rings. The summed E-state index contributed by atoms with van der Waals surface area (Å²) in [5, 5.41) is 0. The van der Waals surface area contributed by atoms with Gasteiger partial charge in [0.2, 0.25) is 0 Å². The van der Waals surface area contributed by atoms with Gasteiger partial charge in [-0.2, -0.15) is 0 Å². The van der Waals surface area contributed by atoms with Crippen molar-refractivity contribution >= 4 is 0 Å². The van der Waals surface area contributed by atoms with Crippen molar-refractivity contribution in [1.82, 2.24) is 10.3 Å². The molecule has 1 unspecified atom stereocenters. The number of hydrogen-bond acceptors (Lipinski definition) is 4. The van der Waals surface area contributed by atoms with Crippen LogP contribution in [0.1, 0.15) is 25.5 Å². The SMILES string of the molecule is CC(C)(C(NN)c1cc(F)cc(F)c1)N1CCOCC1. The molecule has 1 aliphatic heterocycles. The number of nitrogens with two attached hydrogens (primary N) is 1. The van der Waals surface area contributed by atoms with E-state index < -0.39 is 17.2 Å². The minimum Gasteiger partial charge on any atom is -0.379 e. The lowest BCUT2D eigenvalue weighted by Crippen LogP contribution is -2.57. The first-order chi connectivity index (χ1) is 9.45. The second kappa shape index (κ2) is 6.13. The van der Waals surface area contributed by atoms with Crippen LogP contribution in [0.3, 0.4) is 0 Å². The molecular formula is C14H21F2N3O. The molecule has 0 spiro atoms. The Hall–Kier alpha value is -1.08. The summed E-state index contributed by atoms with van der Waals surface area (Å²) in [5.74, 6) is 4.45. The summed E-state index contributed by atoms with van der Waals surface area (Å²) in [6, 6.07) is 3.11. The molecule has 1 saturated heterocycles. The maximum absolute atomic E-state index is 13.4. The van der Waals surface area contributed by atoms with Crippen LogP contribution in [0.2, 0.25) is 0 Å². The van der Waals surface area contributed by atoms with Gasteiger partial charge in [0, 0.05) is 24.7 Å². The van der Waals surface area contributed by atoms with E-state index >= 15 is 0 Å². The van der Waals surface area contributed by atoms with Crippen LogP contribution in [0.25, 0.3) is 0 Å². The van der Waals surface area contributed by atoms with Crippen molar-refractivity contribution in [3.63, 3.8) is 0 Å². The minimum atomic E-state index is -0.599. The third-order valence-electron chi connectivity index (χ3n) is 3.92. The zero-order valence-electron chi connectivity index (χ0n) is 11.8. The van der Waals surface area contributed by atoms with E-state index in [2.05, 4.69) is 10.3 Å². The highest BCUT2D eigenvalue weighted by atomic mass is 19.1. The number of ether oxygens (including phenoxy) is 1. The maximum atomic E-state index is 13.4. The van der Waals surface area contributed by atoms with E-state index in [9.17, 15) is 8.78 Å². The molecule has 3 N–H and O–H groups in total. The lowest BCUT2D eigenvalue weighted by Gasteiger charge is -2.45. The second-order valence-electron chi connectivity index (χ2n) is 5.56. The van der Waals surface area contributed by atoms with Gasteiger partial charge < -0.3 is 4.74 Å². The van der Waals surface area contributed by atoms with Crippen LogP contribution in [0, 0.1) is 11.6 Å². The third-order valence-corrected chi connectivity index (χ3v) is 3.92. The van der Waals surface area contributed by atoms with E-state index in [-0.39, 0.29) is 6.04 Å². The largest absolute Gasteiger partial charge is 0.379 e. The number of nitrogens with zero attached hydrogens (tertiary/aromatic N) is 1. The molecule has 0 saturated carbocycles. The predicted molar refractivity (Wildman–Crippen MR) is 72.9 cm³/mol. The van der Waals surface area contributed by atoms with Crippen LogP contribution < -0.4 is 11.3 Å². The van der Waals surface area contributed by atoms with Gasteiger partial charge in [-0.25, -0.2) is 8.78 Å². The first-order valence-corrected chi connectivity index (χ1v) is 6.70. The number of halogens is 2. The highest BCUT2D eigenvalue weighted by Gasteiger charge is 2.37. The van der Waals surface area contributed by atoms with Crippen molar-refractivity contribution in [2.75, 3.05) is 26.3 Å². The highest BCUT2D eigenvalue weighted by molar-refractivity contribution is 5.24. The van der Waals surface area contributed by atoms with Crippen molar-refractivity contribution in [3.05, 3.63) is 35.4 Å². The van der Waals surface area contributed by atoms with E-state index in [1.165, 1.54) is 12.1 Å². The van der Waals surface area contributed by atoms with Gasteiger partial charge in [0.1, 0.15) is 11.6 Å². The van der Waals surface area contributed by atoms with E-state index in [0.717, 1.165) is 19.2 Å². The van der Waals surface area contributed by atoms with Gasteiger partial charge in [0.25, 0.3) is 0 Å². The Morgan fingerprint density at radius 3 is 2.25 bits per heavy atom. The number of benzene rings is 1. The van der Waals surface area contributed by atoms with Gasteiger partial charge in [-0.3, -0.25) is 16.2 Å². The zero-order valence-corrected chi connectivity index (χ0v) is 11.8. The van der Waals surface area contributed by atoms with Crippen LogP contribution in [0.15, 0.2) is 18.2 Å². The summed E-state index contributed by atoms with van der Waals surface area (Å²) in [6.07, 6.45) is 0. The minimum absolute atomic E-state index is 0.384. The summed E-state index contributed by atoms with van der Waals surface area (Å²) in [6.45, 7) is 6.85. The van der Waals surface area contributed by atoms with E-state index in [0.29, 0.717) is 18.8 Å². The molecule has 0 amide bonds. The molecule has 0 aliphatic carbocycles. The molecule has 1 aromatic carbocycles. The molecule has 1 aliphatic rings. The molecule has 4 nitrogen and oxygen atoms in total. The van der Waals surface area contributed by atoms with Gasteiger partial charge >= 0.3 is 0 Å². The van der Waals surface area contributed by atoms with Crippen molar-refractivity contribution in [2.24, 2.45) is 5.84 Å². The van der Waals surface area contributed by atoms with Crippen LogP contribution >= 0.6 is 0 Å². The van der Waals surface area contributed by atoms with Crippen LogP contribution in [-0.4, -0.2) is 36.7 Å². The Bertz CT molecular complexity index is 441.